The number of hydrogen-bond donors (Lipinski definition) is 1. The van der Waals surface area contributed by atoms with Crippen molar-refractivity contribution in [3.63, 3.8) is 0 Å². The highest BCUT2D eigenvalue weighted by Crippen LogP contribution is 2.46. The van der Waals surface area contributed by atoms with Crippen LogP contribution in [-0.4, -0.2) is 34.6 Å². The number of benzene rings is 2. The van der Waals surface area contributed by atoms with E-state index >= 15 is 0 Å². The van der Waals surface area contributed by atoms with Crippen molar-refractivity contribution in [1.82, 2.24) is 10.2 Å². The van der Waals surface area contributed by atoms with Gasteiger partial charge >= 0.3 is 12.0 Å². The quantitative estimate of drug-likeness (QED) is 0.477. The molecule has 3 amide bonds. The second kappa shape index (κ2) is 9.65. The second-order valence-corrected chi connectivity index (χ2v) is 9.18. The van der Waals surface area contributed by atoms with Gasteiger partial charge < -0.3 is 14.8 Å². The zero-order valence-corrected chi connectivity index (χ0v) is 19.9. The summed E-state index contributed by atoms with van der Waals surface area (Å²) in [4.78, 5) is 39.3. The maximum Gasteiger partial charge on any atom is 0.338 e. The van der Waals surface area contributed by atoms with Gasteiger partial charge in [0.05, 0.1) is 5.56 Å². The molecular formula is C26H32N2O5. The van der Waals surface area contributed by atoms with Crippen LogP contribution in [-0.2, 0) is 16.1 Å². The fraction of sp³-hybridized carbons (Fsp3) is 0.423. The van der Waals surface area contributed by atoms with E-state index in [1.807, 2.05) is 65.0 Å². The van der Waals surface area contributed by atoms with Gasteiger partial charge in [0.2, 0.25) is 5.91 Å². The number of β-lactam (4-membered cyclic amide) rings is 1. The van der Waals surface area contributed by atoms with Gasteiger partial charge in [0.15, 0.2) is 6.23 Å². The number of imide groups is 1. The van der Waals surface area contributed by atoms with Gasteiger partial charge in [-0.3, -0.25) is 4.79 Å². The van der Waals surface area contributed by atoms with Crippen molar-refractivity contribution in [2.24, 2.45) is 5.41 Å². The van der Waals surface area contributed by atoms with Crippen molar-refractivity contribution >= 4 is 17.9 Å². The molecule has 1 atom stereocenters. The lowest BCUT2D eigenvalue weighted by atomic mass is 9.72. The highest BCUT2D eigenvalue weighted by Gasteiger charge is 2.62. The fourth-order valence-corrected chi connectivity index (χ4v) is 3.89. The summed E-state index contributed by atoms with van der Waals surface area (Å²) in [6.45, 7) is 9.57. The lowest BCUT2D eigenvalue weighted by Crippen LogP contribution is -2.73. The van der Waals surface area contributed by atoms with Crippen LogP contribution in [0.2, 0.25) is 0 Å². The Hall–Kier alpha value is -3.35. The Labute approximate surface area is 195 Å². The van der Waals surface area contributed by atoms with E-state index in [-0.39, 0.29) is 5.91 Å². The Bertz CT molecular complexity index is 992. The van der Waals surface area contributed by atoms with Gasteiger partial charge in [-0.1, -0.05) is 44.2 Å². The molecule has 176 valence electrons. The van der Waals surface area contributed by atoms with E-state index in [2.05, 4.69) is 5.32 Å². The standard InChI is InChI=1S/C26H32N2O5/c1-6-26(7-2)22(30)28(24(31)27-17-18-11-9-8-10-12-18)23(26)32-20-15-13-19(14-16-20)21(29)33-25(3,4)5/h8-16,23H,6-7,17H2,1-5H3,(H,27,31). The van der Waals surface area contributed by atoms with Crippen LogP contribution in [0.5, 0.6) is 5.75 Å². The summed E-state index contributed by atoms with van der Waals surface area (Å²) in [6.07, 6.45) is 0.361. The topological polar surface area (TPSA) is 84.9 Å². The largest absolute Gasteiger partial charge is 0.469 e. The van der Waals surface area contributed by atoms with Crippen LogP contribution in [0.3, 0.4) is 0 Å². The number of amides is 3. The van der Waals surface area contributed by atoms with E-state index in [1.54, 1.807) is 24.3 Å². The van der Waals surface area contributed by atoms with E-state index in [9.17, 15) is 14.4 Å². The molecule has 1 aliphatic rings. The molecule has 1 unspecified atom stereocenters. The van der Waals surface area contributed by atoms with Gasteiger partial charge in [-0.2, -0.15) is 0 Å². The second-order valence-electron chi connectivity index (χ2n) is 9.18. The first-order valence-electron chi connectivity index (χ1n) is 11.3. The normalized spacial score (nSPS) is 17.2. The summed E-state index contributed by atoms with van der Waals surface area (Å²) in [5.41, 5.74) is -0.0231. The third-order valence-corrected chi connectivity index (χ3v) is 5.86. The van der Waals surface area contributed by atoms with Crippen molar-refractivity contribution in [3.05, 3.63) is 65.7 Å². The predicted molar refractivity (Wildman–Crippen MR) is 125 cm³/mol. The zero-order valence-electron chi connectivity index (χ0n) is 19.9. The minimum atomic E-state index is -0.770. The molecule has 2 aromatic rings. The molecule has 3 rings (SSSR count). The Morgan fingerprint density at radius 3 is 2.15 bits per heavy atom. The minimum absolute atomic E-state index is 0.242. The summed E-state index contributed by atoms with van der Waals surface area (Å²) >= 11 is 0. The molecule has 1 heterocycles. The summed E-state index contributed by atoms with van der Waals surface area (Å²) in [7, 11) is 0. The van der Waals surface area contributed by atoms with Crippen LogP contribution >= 0.6 is 0 Å². The van der Waals surface area contributed by atoms with E-state index in [4.69, 9.17) is 9.47 Å². The van der Waals surface area contributed by atoms with Crippen molar-refractivity contribution in [3.8, 4) is 5.75 Å². The number of carbonyl (C=O) groups is 3. The molecule has 0 aliphatic carbocycles. The molecule has 2 aromatic carbocycles. The van der Waals surface area contributed by atoms with Crippen LogP contribution in [0.25, 0.3) is 0 Å². The number of nitrogens with one attached hydrogen (secondary N) is 1. The fourth-order valence-electron chi connectivity index (χ4n) is 3.89. The molecule has 1 N–H and O–H groups in total. The number of ether oxygens (including phenoxy) is 2. The minimum Gasteiger partial charge on any atom is -0.469 e. The molecule has 1 fully saturated rings. The monoisotopic (exact) mass is 452 g/mol. The first-order chi connectivity index (χ1) is 15.6. The number of hydrogen-bond acceptors (Lipinski definition) is 5. The van der Waals surface area contributed by atoms with E-state index in [0.717, 1.165) is 10.5 Å². The lowest BCUT2D eigenvalue weighted by Gasteiger charge is -2.53. The number of rotatable bonds is 7. The van der Waals surface area contributed by atoms with Crippen LogP contribution < -0.4 is 10.1 Å². The van der Waals surface area contributed by atoms with Crippen LogP contribution in [0.15, 0.2) is 54.6 Å². The molecule has 0 saturated carbocycles. The average Bonchev–Trinajstić information content (AvgIpc) is 2.78. The molecule has 0 spiro atoms. The molecule has 0 aromatic heterocycles. The Balaban J connectivity index is 1.74. The van der Waals surface area contributed by atoms with E-state index in [1.165, 1.54) is 0 Å². The first-order valence-corrected chi connectivity index (χ1v) is 11.3. The smallest absolute Gasteiger partial charge is 0.338 e. The molecule has 33 heavy (non-hydrogen) atoms. The van der Waals surface area contributed by atoms with Gasteiger partial charge in [0.1, 0.15) is 16.8 Å². The molecular weight excluding hydrogens is 420 g/mol. The molecule has 7 nitrogen and oxygen atoms in total. The molecule has 1 saturated heterocycles. The zero-order chi connectivity index (χ0) is 24.2. The highest BCUT2D eigenvalue weighted by atomic mass is 16.6. The van der Waals surface area contributed by atoms with Crippen LogP contribution in [0.4, 0.5) is 4.79 Å². The number of nitrogens with zero attached hydrogens (tertiary/aromatic N) is 1. The van der Waals surface area contributed by atoms with Gasteiger partial charge in [-0.25, -0.2) is 14.5 Å². The maximum atomic E-state index is 13.0. The summed E-state index contributed by atoms with van der Waals surface area (Å²) < 4.78 is 11.5. The number of urea groups is 1. The SMILES string of the molecule is CCC1(CC)C(=O)N(C(=O)NCc2ccccc2)C1Oc1ccc(C(=O)OC(C)(C)C)cc1. The average molecular weight is 453 g/mol. The number of carbonyl (C=O) groups excluding carboxylic acids is 3. The van der Waals surface area contributed by atoms with Crippen molar-refractivity contribution in [2.75, 3.05) is 0 Å². The third kappa shape index (κ3) is 5.18. The maximum absolute atomic E-state index is 13.0. The Morgan fingerprint density at radius 1 is 1.00 bits per heavy atom. The van der Waals surface area contributed by atoms with Gasteiger partial charge in [-0.05, 0) is 63.4 Å². The van der Waals surface area contributed by atoms with Crippen LogP contribution in [0, 0.1) is 5.41 Å². The predicted octanol–water partition coefficient (Wildman–Crippen LogP) is 4.91. The highest BCUT2D eigenvalue weighted by molar-refractivity contribution is 6.03. The molecule has 7 heteroatoms. The summed E-state index contributed by atoms with van der Waals surface area (Å²) in [6, 6.07) is 15.5. The first kappa shape index (κ1) is 24.3. The number of likely N-dealkylation sites (tertiary alicyclic amines) is 1. The lowest BCUT2D eigenvalue weighted by molar-refractivity contribution is -0.190. The molecule has 1 aliphatic heterocycles. The molecule has 0 radical (unpaired) electrons. The summed E-state index contributed by atoms with van der Waals surface area (Å²) in [5, 5.41) is 2.80. The Morgan fingerprint density at radius 2 is 1.61 bits per heavy atom. The number of esters is 1. The van der Waals surface area contributed by atoms with Gasteiger partial charge in [0, 0.05) is 6.54 Å². The van der Waals surface area contributed by atoms with E-state index in [0.29, 0.717) is 30.7 Å². The Kier molecular flexibility index (Phi) is 7.10. The van der Waals surface area contributed by atoms with E-state index < -0.39 is 29.2 Å². The van der Waals surface area contributed by atoms with Crippen molar-refractivity contribution < 1.29 is 23.9 Å². The molecule has 0 bridgehead atoms. The van der Waals surface area contributed by atoms with Gasteiger partial charge in [0.25, 0.3) is 0 Å². The third-order valence-electron chi connectivity index (χ3n) is 5.86. The van der Waals surface area contributed by atoms with Gasteiger partial charge in [-0.15, -0.1) is 0 Å². The van der Waals surface area contributed by atoms with Crippen LogP contribution in [0.1, 0.15) is 63.4 Å². The van der Waals surface area contributed by atoms with Crippen molar-refractivity contribution in [2.45, 2.75) is 65.8 Å². The summed E-state index contributed by atoms with van der Waals surface area (Å²) in [5.74, 6) is -0.202. The van der Waals surface area contributed by atoms with Crippen molar-refractivity contribution in [1.29, 1.82) is 0 Å².